The number of pyridine rings is 2. The number of amides is 2. The van der Waals surface area contributed by atoms with E-state index in [0.717, 1.165) is 57.4 Å². The lowest BCUT2D eigenvalue weighted by Crippen LogP contribution is -2.31. The van der Waals surface area contributed by atoms with Gasteiger partial charge >= 0.3 is 6.09 Å². The lowest BCUT2D eigenvalue weighted by atomic mass is 9.99. The third-order valence-corrected chi connectivity index (χ3v) is 7.54. The van der Waals surface area contributed by atoms with E-state index in [0.29, 0.717) is 17.8 Å². The molecule has 0 radical (unpaired) electrons. The number of nitrogens with one attached hydrogen (secondary N) is 2. The smallest absolute Gasteiger partial charge is 0.411 e. The predicted molar refractivity (Wildman–Crippen MR) is 157 cm³/mol. The molecule has 9 nitrogen and oxygen atoms in total. The zero-order valence-corrected chi connectivity index (χ0v) is 22.8. The van der Waals surface area contributed by atoms with E-state index in [-0.39, 0.29) is 11.9 Å². The number of aromatic nitrogens is 3. The Balaban J connectivity index is 1.42. The second-order valence-electron chi connectivity index (χ2n) is 9.84. The number of aromatic amines is 1. The molecule has 5 aromatic rings. The number of carbonyl (C=O) groups excluding carboxylic acids is 2. The molecule has 0 bridgehead atoms. The number of nitrogens with zero attached hydrogens (tertiary/aromatic N) is 3. The van der Waals surface area contributed by atoms with Crippen LogP contribution in [0.1, 0.15) is 34.8 Å². The standard InChI is InChI=1S/C32H29N5O4/c1-40-29-8-4-3-6-23(29)26-19-35-30-24(26)17-22(18-34-30)21-9-10-27(36-32(39)41-2)25(16-21)31(38)37-15-5-7-28(37)20-11-13-33-14-12-20/h3-4,6,8-14,16-19,28H,5,7,15H2,1-2H3,(H,34,35)(H,36,39). The molecule has 3 aromatic heterocycles. The highest BCUT2D eigenvalue weighted by molar-refractivity contribution is 6.04. The van der Waals surface area contributed by atoms with Gasteiger partial charge in [-0.15, -0.1) is 0 Å². The van der Waals surface area contributed by atoms with E-state index < -0.39 is 6.09 Å². The van der Waals surface area contributed by atoms with Crippen molar-refractivity contribution in [3.05, 3.63) is 96.6 Å². The van der Waals surface area contributed by atoms with Crippen LogP contribution in [0.25, 0.3) is 33.3 Å². The van der Waals surface area contributed by atoms with E-state index in [1.807, 2.05) is 65.7 Å². The maximum Gasteiger partial charge on any atom is 0.411 e. The summed E-state index contributed by atoms with van der Waals surface area (Å²) >= 11 is 0. The maximum absolute atomic E-state index is 14.1. The Bertz CT molecular complexity index is 1730. The quantitative estimate of drug-likeness (QED) is 0.253. The molecule has 0 aliphatic carbocycles. The van der Waals surface area contributed by atoms with E-state index in [2.05, 4.69) is 20.3 Å². The first kappa shape index (κ1) is 26.1. The molecule has 2 amide bonds. The van der Waals surface area contributed by atoms with Crippen LogP contribution in [-0.4, -0.2) is 52.6 Å². The van der Waals surface area contributed by atoms with Crippen LogP contribution in [0.15, 0.2) is 85.5 Å². The van der Waals surface area contributed by atoms with Crippen molar-refractivity contribution >= 4 is 28.7 Å². The lowest BCUT2D eigenvalue weighted by molar-refractivity contribution is 0.0736. The maximum atomic E-state index is 14.1. The summed E-state index contributed by atoms with van der Waals surface area (Å²) in [6.07, 6.45) is 8.28. The number of likely N-dealkylation sites (tertiary alicyclic amines) is 1. The number of anilines is 1. The second-order valence-corrected chi connectivity index (χ2v) is 9.84. The fourth-order valence-corrected chi connectivity index (χ4v) is 5.52. The average molecular weight is 548 g/mol. The van der Waals surface area contributed by atoms with Gasteiger partial charge in [-0.05, 0) is 60.4 Å². The minimum atomic E-state index is -0.643. The Labute approximate surface area is 237 Å². The molecule has 4 heterocycles. The van der Waals surface area contributed by atoms with Crippen LogP contribution in [0.5, 0.6) is 5.75 Å². The van der Waals surface area contributed by atoms with Gasteiger partial charge < -0.3 is 19.4 Å². The van der Waals surface area contributed by atoms with E-state index in [1.54, 1.807) is 31.8 Å². The second kappa shape index (κ2) is 11.1. The summed E-state index contributed by atoms with van der Waals surface area (Å²) in [5.41, 5.74) is 6.09. The van der Waals surface area contributed by atoms with Crippen molar-refractivity contribution in [2.45, 2.75) is 18.9 Å². The van der Waals surface area contributed by atoms with Crippen molar-refractivity contribution in [3.8, 4) is 28.0 Å². The molecule has 0 saturated carbocycles. The fourth-order valence-electron chi connectivity index (χ4n) is 5.52. The molecule has 1 saturated heterocycles. The largest absolute Gasteiger partial charge is 0.496 e. The highest BCUT2D eigenvalue weighted by Gasteiger charge is 2.32. The van der Waals surface area contributed by atoms with Gasteiger partial charge in [0.05, 0.1) is 31.5 Å². The topological polar surface area (TPSA) is 109 Å². The summed E-state index contributed by atoms with van der Waals surface area (Å²) < 4.78 is 10.4. The van der Waals surface area contributed by atoms with E-state index in [4.69, 9.17) is 9.47 Å². The zero-order chi connectivity index (χ0) is 28.3. The molecule has 9 heteroatoms. The molecule has 0 spiro atoms. The van der Waals surface area contributed by atoms with Gasteiger partial charge in [0.1, 0.15) is 11.4 Å². The lowest BCUT2D eigenvalue weighted by Gasteiger charge is -2.26. The molecule has 1 aliphatic heterocycles. The number of fused-ring (bicyclic) bond motifs is 1. The van der Waals surface area contributed by atoms with Gasteiger partial charge in [0, 0.05) is 53.4 Å². The first-order valence-corrected chi connectivity index (χ1v) is 13.4. The average Bonchev–Trinajstić information content (AvgIpc) is 3.69. The third-order valence-electron chi connectivity index (χ3n) is 7.54. The number of ether oxygens (including phenoxy) is 2. The van der Waals surface area contributed by atoms with Crippen LogP contribution in [0.2, 0.25) is 0 Å². The predicted octanol–water partition coefficient (Wildman–Crippen LogP) is 6.46. The number of rotatable bonds is 6. The van der Waals surface area contributed by atoms with E-state index in [1.165, 1.54) is 7.11 Å². The van der Waals surface area contributed by atoms with Crippen molar-refractivity contribution in [2.75, 3.05) is 26.1 Å². The van der Waals surface area contributed by atoms with Gasteiger partial charge in [-0.25, -0.2) is 9.78 Å². The van der Waals surface area contributed by atoms with Crippen molar-refractivity contribution < 1.29 is 19.1 Å². The molecule has 2 N–H and O–H groups in total. The van der Waals surface area contributed by atoms with Gasteiger partial charge in [0.2, 0.25) is 0 Å². The summed E-state index contributed by atoms with van der Waals surface area (Å²) in [6.45, 7) is 0.618. The Morgan fingerprint density at radius 1 is 1.00 bits per heavy atom. The van der Waals surface area contributed by atoms with Gasteiger partial charge in [-0.2, -0.15) is 0 Å². The summed E-state index contributed by atoms with van der Waals surface area (Å²) in [5, 5.41) is 3.64. The molecule has 206 valence electrons. The highest BCUT2D eigenvalue weighted by Crippen LogP contribution is 2.38. The van der Waals surface area contributed by atoms with Crippen LogP contribution >= 0.6 is 0 Å². The van der Waals surface area contributed by atoms with Crippen molar-refractivity contribution in [1.82, 2.24) is 19.9 Å². The zero-order valence-electron chi connectivity index (χ0n) is 22.8. The molecular formula is C32H29N5O4. The summed E-state index contributed by atoms with van der Waals surface area (Å²) in [6, 6.07) is 19.1. The van der Waals surface area contributed by atoms with E-state index in [9.17, 15) is 9.59 Å². The number of para-hydroxylation sites is 1. The van der Waals surface area contributed by atoms with Crippen molar-refractivity contribution in [3.63, 3.8) is 0 Å². The Morgan fingerprint density at radius 2 is 1.83 bits per heavy atom. The highest BCUT2D eigenvalue weighted by atomic mass is 16.5. The monoisotopic (exact) mass is 547 g/mol. The van der Waals surface area contributed by atoms with Crippen LogP contribution < -0.4 is 10.1 Å². The van der Waals surface area contributed by atoms with Crippen LogP contribution in [0, 0.1) is 0 Å². The molecule has 1 aliphatic rings. The SMILES string of the molecule is COC(=O)Nc1ccc(-c2cnc3[nH]cc(-c4ccccc4OC)c3c2)cc1C(=O)N1CCCC1c1ccncc1. The van der Waals surface area contributed by atoms with Crippen LogP contribution in [0.4, 0.5) is 10.5 Å². The molecular weight excluding hydrogens is 518 g/mol. The summed E-state index contributed by atoms with van der Waals surface area (Å²) in [7, 11) is 2.95. The van der Waals surface area contributed by atoms with Gasteiger partial charge in [-0.3, -0.25) is 15.1 Å². The fraction of sp³-hybridized carbons (Fsp3) is 0.188. The van der Waals surface area contributed by atoms with Crippen LogP contribution in [0.3, 0.4) is 0 Å². The molecule has 6 rings (SSSR count). The number of hydrogen-bond acceptors (Lipinski definition) is 6. The Hall–Kier alpha value is -5.18. The molecule has 1 unspecified atom stereocenters. The molecule has 41 heavy (non-hydrogen) atoms. The Kier molecular flexibility index (Phi) is 7.08. The van der Waals surface area contributed by atoms with Gasteiger partial charge in [0.25, 0.3) is 5.91 Å². The van der Waals surface area contributed by atoms with Crippen LogP contribution in [-0.2, 0) is 4.74 Å². The molecule has 1 atom stereocenters. The molecule has 2 aromatic carbocycles. The number of benzene rings is 2. The number of methoxy groups -OCH3 is 2. The van der Waals surface area contributed by atoms with Crippen molar-refractivity contribution in [1.29, 1.82) is 0 Å². The third kappa shape index (κ3) is 4.98. The summed E-state index contributed by atoms with van der Waals surface area (Å²) in [4.78, 5) is 40.1. The van der Waals surface area contributed by atoms with Gasteiger partial charge in [0.15, 0.2) is 0 Å². The van der Waals surface area contributed by atoms with Gasteiger partial charge in [-0.1, -0.05) is 24.3 Å². The first-order chi connectivity index (χ1) is 20.1. The Morgan fingerprint density at radius 3 is 2.63 bits per heavy atom. The normalized spacial score (nSPS) is 14.7. The minimum absolute atomic E-state index is 0.0681. The molecule has 1 fully saturated rings. The number of hydrogen-bond donors (Lipinski definition) is 2. The summed E-state index contributed by atoms with van der Waals surface area (Å²) in [5.74, 6) is 0.599. The number of carbonyl (C=O) groups is 2. The first-order valence-electron chi connectivity index (χ1n) is 13.4. The minimum Gasteiger partial charge on any atom is -0.496 e. The van der Waals surface area contributed by atoms with Crippen molar-refractivity contribution in [2.24, 2.45) is 0 Å². The number of H-pyrrole nitrogens is 1. The van der Waals surface area contributed by atoms with E-state index >= 15 is 0 Å².